The molecule has 2 heterocycles. The molecule has 2 rings (SSSR count). The van der Waals surface area contributed by atoms with Crippen molar-refractivity contribution in [3.63, 3.8) is 0 Å². The summed E-state index contributed by atoms with van der Waals surface area (Å²) in [5, 5.41) is 6.91. The molecule has 1 aliphatic rings. The van der Waals surface area contributed by atoms with Crippen LogP contribution in [0.1, 0.15) is 44.8 Å². The van der Waals surface area contributed by atoms with Gasteiger partial charge in [0.05, 0.1) is 5.69 Å². The SMILES string of the molecule is CCCNC(C)c1csc(N2CCCC(N(C)C)C2)n1. The van der Waals surface area contributed by atoms with Gasteiger partial charge in [0.25, 0.3) is 0 Å². The van der Waals surface area contributed by atoms with Crippen LogP contribution in [0.25, 0.3) is 0 Å². The van der Waals surface area contributed by atoms with Crippen molar-refractivity contribution in [2.45, 2.75) is 45.2 Å². The van der Waals surface area contributed by atoms with Crippen molar-refractivity contribution in [1.82, 2.24) is 15.2 Å². The molecule has 0 aliphatic carbocycles. The average Bonchev–Trinajstić information content (AvgIpc) is 2.94. The molecule has 1 aliphatic heterocycles. The number of aromatic nitrogens is 1. The third-order valence-electron chi connectivity index (χ3n) is 4.05. The van der Waals surface area contributed by atoms with Crippen molar-refractivity contribution in [3.05, 3.63) is 11.1 Å². The summed E-state index contributed by atoms with van der Waals surface area (Å²) in [5.41, 5.74) is 1.19. The highest BCUT2D eigenvalue weighted by Crippen LogP contribution is 2.27. The van der Waals surface area contributed by atoms with E-state index >= 15 is 0 Å². The van der Waals surface area contributed by atoms with Gasteiger partial charge in [0.2, 0.25) is 0 Å². The standard InChI is InChI=1S/C15H28N4S/c1-5-8-16-12(2)14-11-20-15(17-14)19-9-6-7-13(10-19)18(3)4/h11-13,16H,5-10H2,1-4H3. The first-order valence-electron chi connectivity index (χ1n) is 7.72. The summed E-state index contributed by atoms with van der Waals surface area (Å²) in [4.78, 5) is 9.64. The van der Waals surface area contributed by atoms with Gasteiger partial charge in [0.1, 0.15) is 0 Å². The quantitative estimate of drug-likeness (QED) is 0.874. The van der Waals surface area contributed by atoms with E-state index in [9.17, 15) is 0 Å². The summed E-state index contributed by atoms with van der Waals surface area (Å²) in [6.45, 7) is 7.71. The monoisotopic (exact) mass is 296 g/mol. The highest BCUT2D eigenvalue weighted by atomic mass is 32.1. The summed E-state index contributed by atoms with van der Waals surface area (Å²) < 4.78 is 0. The van der Waals surface area contributed by atoms with Gasteiger partial charge < -0.3 is 15.1 Å². The van der Waals surface area contributed by atoms with Gasteiger partial charge in [0, 0.05) is 30.6 Å². The highest BCUT2D eigenvalue weighted by molar-refractivity contribution is 7.13. The molecule has 2 atom stereocenters. The number of nitrogens with zero attached hydrogens (tertiary/aromatic N) is 3. The Bertz CT molecular complexity index is 404. The van der Waals surface area contributed by atoms with E-state index in [4.69, 9.17) is 4.98 Å². The highest BCUT2D eigenvalue weighted by Gasteiger charge is 2.23. The number of nitrogens with one attached hydrogen (secondary N) is 1. The molecule has 0 bridgehead atoms. The van der Waals surface area contributed by atoms with Gasteiger partial charge >= 0.3 is 0 Å². The number of piperidine rings is 1. The molecule has 1 saturated heterocycles. The summed E-state index contributed by atoms with van der Waals surface area (Å²) in [6.07, 6.45) is 3.73. The maximum absolute atomic E-state index is 4.84. The number of thiazole rings is 1. The molecule has 0 aromatic carbocycles. The van der Waals surface area contributed by atoms with Crippen LogP contribution in [-0.2, 0) is 0 Å². The molecule has 0 amide bonds. The lowest BCUT2D eigenvalue weighted by molar-refractivity contribution is 0.258. The minimum absolute atomic E-state index is 0.356. The Hall–Kier alpha value is -0.650. The van der Waals surface area contributed by atoms with E-state index in [1.807, 2.05) is 0 Å². The third kappa shape index (κ3) is 3.93. The van der Waals surface area contributed by atoms with Gasteiger partial charge in [-0.15, -0.1) is 11.3 Å². The topological polar surface area (TPSA) is 31.4 Å². The first-order valence-corrected chi connectivity index (χ1v) is 8.60. The Morgan fingerprint density at radius 2 is 2.35 bits per heavy atom. The van der Waals surface area contributed by atoms with Gasteiger partial charge in [0.15, 0.2) is 5.13 Å². The van der Waals surface area contributed by atoms with Crippen LogP contribution in [0.2, 0.25) is 0 Å². The summed E-state index contributed by atoms with van der Waals surface area (Å²) >= 11 is 1.79. The number of likely N-dealkylation sites (N-methyl/N-ethyl adjacent to an activating group) is 1. The Labute approximate surface area is 127 Å². The first kappa shape index (κ1) is 15.7. The zero-order valence-electron chi connectivity index (χ0n) is 13.2. The zero-order valence-corrected chi connectivity index (χ0v) is 14.0. The van der Waals surface area contributed by atoms with Crippen LogP contribution >= 0.6 is 11.3 Å². The lowest BCUT2D eigenvalue weighted by Gasteiger charge is -2.36. The fourth-order valence-corrected chi connectivity index (χ4v) is 3.59. The fourth-order valence-electron chi connectivity index (χ4n) is 2.64. The molecule has 1 aromatic heterocycles. The zero-order chi connectivity index (χ0) is 14.5. The minimum Gasteiger partial charge on any atom is -0.347 e. The van der Waals surface area contributed by atoms with Crippen molar-refractivity contribution in [2.75, 3.05) is 38.6 Å². The van der Waals surface area contributed by atoms with Crippen LogP contribution in [-0.4, -0.2) is 49.7 Å². The minimum atomic E-state index is 0.356. The molecule has 20 heavy (non-hydrogen) atoms. The van der Waals surface area contributed by atoms with Crippen LogP contribution in [0.15, 0.2) is 5.38 Å². The molecule has 4 nitrogen and oxygen atoms in total. The number of anilines is 1. The second kappa shape index (κ2) is 7.38. The van der Waals surface area contributed by atoms with E-state index in [1.165, 1.54) is 23.7 Å². The Morgan fingerprint density at radius 1 is 1.55 bits per heavy atom. The largest absolute Gasteiger partial charge is 0.347 e. The van der Waals surface area contributed by atoms with E-state index in [-0.39, 0.29) is 0 Å². The van der Waals surface area contributed by atoms with Crippen LogP contribution in [0.3, 0.4) is 0 Å². The molecule has 0 radical (unpaired) electrons. The predicted octanol–water partition coefficient (Wildman–Crippen LogP) is 2.73. The van der Waals surface area contributed by atoms with Crippen LogP contribution in [0.4, 0.5) is 5.13 Å². The van der Waals surface area contributed by atoms with E-state index in [0.29, 0.717) is 12.1 Å². The molecule has 1 fully saturated rings. The Morgan fingerprint density at radius 3 is 3.05 bits per heavy atom. The first-order chi connectivity index (χ1) is 9.61. The molecular weight excluding hydrogens is 268 g/mol. The lowest BCUT2D eigenvalue weighted by atomic mass is 10.1. The number of hydrogen-bond acceptors (Lipinski definition) is 5. The van der Waals surface area contributed by atoms with Gasteiger partial charge in [-0.3, -0.25) is 0 Å². The number of hydrogen-bond donors (Lipinski definition) is 1. The van der Waals surface area contributed by atoms with Gasteiger partial charge in [-0.2, -0.15) is 0 Å². The maximum atomic E-state index is 4.84. The number of rotatable bonds is 6. The average molecular weight is 296 g/mol. The van der Waals surface area contributed by atoms with Crippen LogP contribution < -0.4 is 10.2 Å². The fraction of sp³-hybridized carbons (Fsp3) is 0.800. The summed E-state index contributed by atoms with van der Waals surface area (Å²) in [6, 6.07) is 1.01. The van der Waals surface area contributed by atoms with Crippen molar-refractivity contribution < 1.29 is 0 Å². The van der Waals surface area contributed by atoms with Gasteiger partial charge in [-0.1, -0.05) is 6.92 Å². The third-order valence-corrected chi connectivity index (χ3v) is 4.97. The van der Waals surface area contributed by atoms with E-state index < -0.39 is 0 Å². The summed E-state index contributed by atoms with van der Waals surface area (Å²) in [5.74, 6) is 0. The van der Waals surface area contributed by atoms with Crippen molar-refractivity contribution in [2.24, 2.45) is 0 Å². The second-order valence-corrected chi connectivity index (χ2v) is 6.77. The molecule has 1 aromatic rings. The molecular formula is C15H28N4S. The Balaban J connectivity index is 1.97. The lowest BCUT2D eigenvalue weighted by Crippen LogP contribution is -2.45. The van der Waals surface area contributed by atoms with Crippen molar-refractivity contribution in [3.8, 4) is 0 Å². The molecule has 0 spiro atoms. The van der Waals surface area contributed by atoms with E-state index in [0.717, 1.165) is 26.1 Å². The smallest absolute Gasteiger partial charge is 0.185 e. The second-order valence-electron chi connectivity index (χ2n) is 5.94. The molecule has 114 valence electrons. The van der Waals surface area contributed by atoms with Crippen molar-refractivity contribution >= 4 is 16.5 Å². The molecule has 0 saturated carbocycles. The molecule has 2 unspecified atom stereocenters. The van der Waals surface area contributed by atoms with Crippen LogP contribution in [0.5, 0.6) is 0 Å². The van der Waals surface area contributed by atoms with Gasteiger partial charge in [-0.25, -0.2) is 4.98 Å². The van der Waals surface area contributed by atoms with Crippen LogP contribution in [0, 0.1) is 0 Å². The summed E-state index contributed by atoms with van der Waals surface area (Å²) in [7, 11) is 4.36. The molecule has 1 N–H and O–H groups in total. The molecule has 5 heteroatoms. The van der Waals surface area contributed by atoms with Crippen molar-refractivity contribution in [1.29, 1.82) is 0 Å². The predicted molar refractivity (Wildman–Crippen MR) is 87.7 cm³/mol. The van der Waals surface area contributed by atoms with E-state index in [1.54, 1.807) is 11.3 Å². The normalized spacial score (nSPS) is 21.4. The van der Waals surface area contributed by atoms with E-state index in [2.05, 4.69) is 48.4 Å². The Kier molecular flexibility index (Phi) is 5.81. The van der Waals surface area contributed by atoms with Gasteiger partial charge in [-0.05, 0) is 46.8 Å². The maximum Gasteiger partial charge on any atom is 0.185 e.